The zero-order chi connectivity index (χ0) is 15.1. The number of nitrogens with zero attached hydrogens (tertiary/aromatic N) is 3. The van der Waals surface area contributed by atoms with Gasteiger partial charge in [0, 0.05) is 25.3 Å². The smallest absolute Gasteiger partial charge is 0.234 e. The van der Waals surface area contributed by atoms with E-state index in [0.717, 1.165) is 42.9 Å². The number of aromatic nitrogens is 2. The van der Waals surface area contributed by atoms with Crippen molar-refractivity contribution in [3.63, 3.8) is 0 Å². The van der Waals surface area contributed by atoms with Crippen molar-refractivity contribution in [1.29, 1.82) is 0 Å². The molecule has 1 N–H and O–H groups in total. The van der Waals surface area contributed by atoms with E-state index in [-0.39, 0.29) is 5.91 Å². The zero-order valence-corrected chi connectivity index (χ0v) is 13.2. The molecular weight excluding hydrogens is 276 g/mol. The van der Waals surface area contributed by atoms with E-state index >= 15 is 0 Å². The Kier molecular flexibility index (Phi) is 3.60. The number of aryl methyl sites for hydroxylation is 1. The summed E-state index contributed by atoms with van der Waals surface area (Å²) in [5.74, 6) is 2.52. The lowest BCUT2D eigenvalue weighted by atomic mass is 10.1. The van der Waals surface area contributed by atoms with E-state index in [9.17, 15) is 4.79 Å². The topological polar surface area (TPSA) is 58.1 Å². The van der Waals surface area contributed by atoms with Gasteiger partial charge in [-0.15, -0.1) is 0 Å². The quantitative estimate of drug-likeness (QED) is 0.894. The molecule has 3 aliphatic rings. The van der Waals surface area contributed by atoms with Crippen molar-refractivity contribution >= 4 is 5.91 Å². The van der Waals surface area contributed by atoms with Crippen LogP contribution in [0, 0.1) is 18.8 Å². The van der Waals surface area contributed by atoms with Crippen LogP contribution in [0.1, 0.15) is 42.8 Å². The Bertz CT molecular complexity index is 568. The van der Waals surface area contributed by atoms with Crippen LogP contribution in [0.15, 0.2) is 6.20 Å². The number of carbonyl (C=O) groups is 1. The summed E-state index contributed by atoms with van der Waals surface area (Å²) in [4.78, 5) is 23.4. The van der Waals surface area contributed by atoms with Gasteiger partial charge in [0.05, 0.1) is 12.2 Å². The molecule has 0 bridgehead atoms. The average Bonchev–Trinajstić information content (AvgIpc) is 3.38. The first-order valence-electron chi connectivity index (χ1n) is 8.52. The number of amides is 1. The van der Waals surface area contributed by atoms with Crippen molar-refractivity contribution < 1.29 is 4.79 Å². The van der Waals surface area contributed by atoms with E-state index in [4.69, 9.17) is 0 Å². The summed E-state index contributed by atoms with van der Waals surface area (Å²) in [5.41, 5.74) is 2.32. The van der Waals surface area contributed by atoms with E-state index in [0.29, 0.717) is 12.6 Å². The highest BCUT2D eigenvalue weighted by molar-refractivity contribution is 5.78. The Balaban J connectivity index is 1.34. The first-order valence-corrected chi connectivity index (χ1v) is 8.52. The van der Waals surface area contributed by atoms with E-state index < -0.39 is 0 Å². The minimum atomic E-state index is 0.193. The lowest BCUT2D eigenvalue weighted by Gasteiger charge is -2.28. The molecule has 0 saturated heterocycles. The second-order valence-corrected chi connectivity index (χ2v) is 7.12. The molecule has 0 spiro atoms. The number of nitrogens with one attached hydrogen (secondary N) is 1. The maximum Gasteiger partial charge on any atom is 0.234 e. The molecule has 0 unspecified atom stereocenters. The van der Waals surface area contributed by atoms with E-state index in [1.807, 2.05) is 13.1 Å². The van der Waals surface area contributed by atoms with E-state index in [2.05, 4.69) is 20.2 Å². The SMILES string of the molecule is Cc1ncc2c(n1)CN(CC(=O)NC(C1CC1)C1CC1)CC2. The van der Waals surface area contributed by atoms with Crippen molar-refractivity contribution in [2.75, 3.05) is 13.1 Å². The van der Waals surface area contributed by atoms with Gasteiger partial charge in [0.15, 0.2) is 0 Å². The lowest BCUT2D eigenvalue weighted by Crippen LogP contribution is -2.45. The monoisotopic (exact) mass is 300 g/mol. The molecule has 1 amide bonds. The minimum Gasteiger partial charge on any atom is -0.352 e. The van der Waals surface area contributed by atoms with Crippen molar-refractivity contribution in [3.8, 4) is 0 Å². The molecule has 0 radical (unpaired) electrons. The Labute approximate surface area is 131 Å². The molecule has 5 heteroatoms. The molecule has 2 fully saturated rings. The van der Waals surface area contributed by atoms with Crippen molar-refractivity contribution in [2.24, 2.45) is 11.8 Å². The summed E-state index contributed by atoms with van der Waals surface area (Å²) in [6, 6.07) is 0.453. The molecule has 0 atom stereocenters. The molecule has 5 nitrogen and oxygen atoms in total. The highest BCUT2D eigenvalue weighted by Crippen LogP contribution is 2.44. The normalized spacial score (nSPS) is 21.7. The minimum absolute atomic E-state index is 0.193. The van der Waals surface area contributed by atoms with Gasteiger partial charge in [0.1, 0.15) is 5.82 Å². The fourth-order valence-corrected chi connectivity index (χ4v) is 3.56. The number of fused-ring (bicyclic) bond motifs is 1. The van der Waals surface area contributed by atoms with Gasteiger partial charge in [-0.1, -0.05) is 0 Å². The molecule has 1 aliphatic heterocycles. The van der Waals surface area contributed by atoms with Crippen molar-refractivity contribution in [2.45, 2.75) is 51.6 Å². The molecule has 2 heterocycles. The fourth-order valence-electron chi connectivity index (χ4n) is 3.56. The Morgan fingerprint density at radius 3 is 2.77 bits per heavy atom. The predicted octanol–water partition coefficient (Wildman–Crippen LogP) is 1.45. The van der Waals surface area contributed by atoms with Crippen LogP contribution in [0.3, 0.4) is 0 Å². The van der Waals surface area contributed by atoms with Gasteiger partial charge in [0.25, 0.3) is 0 Å². The van der Waals surface area contributed by atoms with E-state index in [1.54, 1.807) is 0 Å². The standard InChI is InChI=1S/C17H24N4O/c1-11-18-8-14-6-7-21(9-15(14)19-11)10-16(22)20-17(12-2-3-12)13-4-5-13/h8,12-13,17H,2-7,9-10H2,1H3,(H,20,22). The molecule has 118 valence electrons. The summed E-state index contributed by atoms with van der Waals surface area (Å²) in [6.07, 6.45) is 8.08. The van der Waals surface area contributed by atoms with Crippen LogP contribution < -0.4 is 5.32 Å². The van der Waals surface area contributed by atoms with Crippen molar-refractivity contribution in [1.82, 2.24) is 20.2 Å². The Hall–Kier alpha value is -1.49. The number of hydrogen-bond acceptors (Lipinski definition) is 4. The third kappa shape index (κ3) is 3.14. The summed E-state index contributed by atoms with van der Waals surface area (Å²) < 4.78 is 0. The van der Waals surface area contributed by atoms with Crippen LogP contribution in [0.25, 0.3) is 0 Å². The zero-order valence-electron chi connectivity index (χ0n) is 13.2. The third-order valence-electron chi connectivity index (χ3n) is 5.10. The molecular formula is C17H24N4O. The fraction of sp³-hybridized carbons (Fsp3) is 0.706. The summed E-state index contributed by atoms with van der Waals surface area (Å²) in [7, 11) is 0. The third-order valence-corrected chi connectivity index (χ3v) is 5.10. The first-order chi connectivity index (χ1) is 10.7. The molecule has 22 heavy (non-hydrogen) atoms. The number of rotatable bonds is 5. The van der Waals surface area contributed by atoms with E-state index in [1.165, 1.54) is 31.2 Å². The molecule has 2 aliphatic carbocycles. The number of hydrogen-bond donors (Lipinski definition) is 1. The highest BCUT2D eigenvalue weighted by Gasteiger charge is 2.42. The molecule has 4 rings (SSSR count). The highest BCUT2D eigenvalue weighted by atomic mass is 16.2. The molecule has 1 aromatic heterocycles. The van der Waals surface area contributed by atoms with Crippen LogP contribution in [0.4, 0.5) is 0 Å². The van der Waals surface area contributed by atoms with Gasteiger partial charge in [-0.3, -0.25) is 9.69 Å². The Morgan fingerprint density at radius 2 is 2.09 bits per heavy atom. The van der Waals surface area contributed by atoms with Crippen LogP contribution >= 0.6 is 0 Å². The number of carbonyl (C=O) groups excluding carboxylic acids is 1. The maximum atomic E-state index is 12.4. The van der Waals surface area contributed by atoms with Gasteiger partial charge < -0.3 is 5.32 Å². The molecule has 2 saturated carbocycles. The van der Waals surface area contributed by atoms with Crippen molar-refractivity contribution in [3.05, 3.63) is 23.3 Å². The van der Waals surface area contributed by atoms with Gasteiger partial charge in [-0.2, -0.15) is 0 Å². The van der Waals surface area contributed by atoms with Crippen LogP contribution in [0.2, 0.25) is 0 Å². The predicted molar refractivity (Wildman–Crippen MR) is 83.1 cm³/mol. The maximum absolute atomic E-state index is 12.4. The van der Waals surface area contributed by atoms with Gasteiger partial charge in [-0.25, -0.2) is 9.97 Å². The van der Waals surface area contributed by atoms with Gasteiger partial charge >= 0.3 is 0 Å². The van der Waals surface area contributed by atoms with Gasteiger partial charge in [-0.05, 0) is 56.4 Å². The largest absolute Gasteiger partial charge is 0.352 e. The summed E-state index contributed by atoms with van der Waals surface area (Å²) in [6.45, 7) is 4.11. The Morgan fingerprint density at radius 1 is 1.36 bits per heavy atom. The second-order valence-electron chi connectivity index (χ2n) is 7.12. The summed E-state index contributed by atoms with van der Waals surface area (Å²) in [5, 5.41) is 3.31. The lowest BCUT2D eigenvalue weighted by molar-refractivity contribution is -0.123. The first kappa shape index (κ1) is 14.1. The second kappa shape index (κ2) is 5.61. The molecule has 1 aromatic rings. The van der Waals surface area contributed by atoms with Crippen LogP contribution in [-0.2, 0) is 17.8 Å². The van der Waals surface area contributed by atoms with Crippen LogP contribution in [-0.4, -0.2) is 39.9 Å². The van der Waals surface area contributed by atoms with Gasteiger partial charge in [0.2, 0.25) is 5.91 Å². The molecule has 0 aromatic carbocycles. The summed E-state index contributed by atoms with van der Waals surface area (Å²) >= 11 is 0. The average molecular weight is 300 g/mol. The van der Waals surface area contributed by atoms with Crippen LogP contribution in [0.5, 0.6) is 0 Å².